The van der Waals surface area contributed by atoms with E-state index in [-0.39, 0.29) is 28.9 Å². The average molecular weight is 289 g/mol. The Hall–Kier alpha value is -1.14. The van der Waals surface area contributed by atoms with Gasteiger partial charge in [-0.1, -0.05) is 0 Å². The molecule has 108 valence electrons. The molecule has 0 bridgehead atoms. The molecule has 0 N–H and O–H groups in total. The van der Waals surface area contributed by atoms with E-state index in [2.05, 4.69) is 33.7 Å². The van der Waals surface area contributed by atoms with E-state index in [1.54, 1.807) is 0 Å². The summed E-state index contributed by atoms with van der Waals surface area (Å²) in [4.78, 5) is 13.9. The van der Waals surface area contributed by atoms with Crippen LogP contribution in [0.3, 0.4) is 0 Å². The van der Waals surface area contributed by atoms with Crippen LogP contribution in [-0.4, -0.2) is 52.2 Å². The first-order chi connectivity index (χ1) is 8.70. The van der Waals surface area contributed by atoms with Gasteiger partial charge in [-0.15, -0.1) is 4.98 Å². The minimum Gasteiger partial charge on any atom is -0.461 e. The van der Waals surface area contributed by atoms with Gasteiger partial charge in [0, 0.05) is 5.54 Å². The average Bonchev–Trinajstić information content (AvgIpc) is 2.24. The molecule has 0 fully saturated rings. The quantitative estimate of drug-likeness (QED) is 0.798. The third-order valence-corrected chi connectivity index (χ3v) is 2.84. The Morgan fingerprint density at radius 2 is 1.74 bits per heavy atom. The molecule has 0 aliphatic carbocycles. The Labute approximate surface area is 119 Å². The molecular weight excluding hydrogens is 268 g/mol. The summed E-state index contributed by atoms with van der Waals surface area (Å²) in [5.74, 6) is 0. The van der Waals surface area contributed by atoms with Crippen molar-refractivity contribution >= 4 is 11.6 Å². The molecule has 1 aromatic heterocycles. The number of halogens is 1. The summed E-state index contributed by atoms with van der Waals surface area (Å²) in [7, 11) is 3.97. The highest BCUT2D eigenvalue weighted by atomic mass is 35.5. The fraction of sp³-hybridized carbons (Fsp3) is 0.750. The Bertz CT molecular complexity index is 424. The number of likely N-dealkylation sites (N-methyl/N-ethyl adjacent to an activating group) is 1. The summed E-state index contributed by atoms with van der Waals surface area (Å²) in [6.45, 7) is 8.31. The molecule has 1 heterocycles. The predicted molar refractivity (Wildman–Crippen MR) is 73.9 cm³/mol. The van der Waals surface area contributed by atoms with Crippen molar-refractivity contribution in [2.45, 2.75) is 39.3 Å². The molecule has 19 heavy (non-hydrogen) atoms. The maximum Gasteiger partial charge on any atom is 0.324 e. The highest BCUT2D eigenvalue weighted by Gasteiger charge is 2.22. The summed E-state index contributed by atoms with van der Waals surface area (Å²) in [5, 5.41) is 0.0586. The Balaban J connectivity index is 2.76. The molecule has 0 atom stereocenters. The molecule has 0 radical (unpaired) electrons. The summed E-state index contributed by atoms with van der Waals surface area (Å²) in [5.41, 5.74) is -0.141. The molecule has 1 rings (SSSR count). The van der Waals surface area contributed by atoms with Crippen molar-refractivity contribution in [3.63, 3.8) is 0 Å². The van der Waals surface area contributed by atoms with Gasteiger partial charge in [0.2, 0.25) is 5.28 Å². The van der Waals surface area contributed by atoms with Crippen LogP contribution in [0.1, 0.15) is 27.7 Å². The third kappa shape index (κ3) is 5.16. The molecule has 0 aliphatic rings. The second kappa shape index (κ2) is 6.34. The van der Waals surface area contributed by atoms with Crippen molar-refractivity contribution in [1.29, 1.82) is 0 Å². The molecule has 0 amide bonds. The van der Waals surface area contributed by atoms with Crippen molar-refractivity contribution in [3.05, 3.63) is 5.28 Å². The zero-order valence-corrected chi connectivity index (χ0v) is 13.0. The van der Waals surface area contributed by atoms with E-state index in [9.17, 15) is 0 Å². The van der Waals surface area contributed by atoms with E-state index in [1.807, 2.05) is 27.9 Å². The first-order valence-corrected chi connectivity index (χ1v) is 6.47. The summed E-state index contributed by atoms with van der Waals surface area (Å²) < 4.78 is 10.9. The highest BCUT2D eigenvalue weighted by Crippen LogP contribution is 2.17. The number of aromatic nitrogens is 3. The van der Waals surface area contributed by atoms with Crippen LogP contribution >= 0.6 is 11.6 Å². The predicted octanol–water partition coefficient (Wildman–Crippen LogP) is 2.03. The third-order valence-electron chi connectivity index (χ3n) is 2.67. The number of hydrogen-bond acceptors (Lipinski definition) is 6. The Kier molecular flexibility index (Phi) is 5.31. The second-order valence-electron chi connectivity index (χ2n) is 5.33. The van der Waals surface area contributed by atoms with E-state index in [0.29, 0.717) is 6.61 Å². The molecule has 0 aliphatic heterocycles. The molecule has 1 aromatic rings. The smallest absolute Gasteiger partial charge is 0.324 e. The van der Waals surface area contributed by atoms with Crippen LogP contribution in [0.2, 0.25) is 5.28 Å². The first-order valence-electron chi connectivity index (χ1n) is 6.09. The monoisotopic (exact) mass is 288 g/mol. The molecule has 0 unspecified atom stereocenters. The number of hydrogen-bond donors (Lipinski definition) is 0. The molecule has 7 heteroatoms. The molecule has 0 spiro atoms. The normalized spacial score (nSPS) is 12.1. The standard InChI is InChI=1S/C12H21ClN4O2/c1-8(2)19-11-15-9(13)14-10(16-11)18-7-12(3,4)17(5)6/h8H,7H2,1-6H3. The highest BCUT2D eigenvalue weighted by molar-refractivity contribution is 6.28. The van der Waals surface area contributed by atoms with Gasteiger partial charge in [0.25, 0.3) is 0 Å². The maximum atomic E-state index is 5.81. The van der Waals surface area contributed by atoms with E-state index in [0.717, 1.165) is 0 Å². The van der Waals surface area contributed by atoms with Gasteiger partial charge in [-0.05, 0) is 53.4 Å². The van der Waals surface area contributed by atoms with Crippen molar-refractivity contribution in [1.82, 2.24) is 19.9 Å². The molecule has 0 saturated carbocycles. The lowest BCUT2D eigenvalue weighted by atomic mass is 10.1. The molecule has 6 nitrogen and oxygen atoms in total. The minimum atomic E-state index is -0.141. The van der Waals surface area contributed by atoms with E-state index >= 15 is 0 Å². The van der Waals surface area contributed by atoms with Gasteiger partial charge in [-0.2, -0.15) is 9.97 Å². The largest absolute Gasteiger partial charge is 0.461 e. The van der Waals surface area contributed by atoms with E-state index in [1.165, 1.54) is 0 Å². The van der Waals surface area contributed by atoms with Crippen molar-refractivity contribution < 1.29 is 9.47 Å². The van der Waals surface area contributed by atoms with Crippen LogP contribution in [0, 0.1) is 0 Å². The van der Waals surface area contributed by atoms with Crippen LogP contribution in [0.25, 0.3) is 0 Å². The summed E-state index contributed by atoms with van der Waals surface area (Å²) in [6, 6.07) is 0.346. The van der Waals surface area contributed by atoms with Crippen LogP contribution in [0.5, 0.6) is 12.0 Å². The lowest BCUT2D eigenvalue weighted by Gasteiger charge is -2.31. The van der Waals surface area contributed by atoms with Gasteiger partial charge < -0.3 is 14.4 Å². The molecular formula is C12H21ClN4O2. The van der Waals surface area contributed by atoms with Gasteiger partial charge in [0.05, 0.1) is 6.10 Å². The van der Waals surface area contributed by atoms with Crippen LogP contribution < -0.4 is 9.47 Å². The van der Waals surface area contributed by atoms with Gasteiger partial charge in [-0.3, -0.25) is 0 Å². The molecule has 0 aromatic carbocycles. The van der Waals surface area contributed by atoms with E-state index < -0.39 is 0 Å². The first kappa shape index (κ1) is 15.9. The minimum absolute atomic E-state index is 0.0375. The van der Waals surface area contributed by atoms with Crippen LogP contribution in [-0.2, 0) is 0 Å². The Morgan fingerprint density at radius 3 is 2.26 bits per heavy atom. The lowest BCUT2D eigenvalue weighted by Crippen LogP contribution is -2.43. The topological polar surface area (TPSA) is 60.4 Å². The Morgan fingerprint density at radius 1 is 1.16 bits per heavy atom. The van der Waals surface area contributed by atoms with Gasteiger partial charge in [0.15, 0.2) is 0 Å². The number of ether oxygens (including phenoxy) is 2. The zero-order valence-electron chi connectivity index (χ0n) is 12.3. The zero-order chi connectivity index (χ0) is 14.6. The maximum absolute atomic E-state index is 5.81. The van der Waals surface area contributed by atoms with Crippen molar-refractivity contribution in [2.24, 2.45) is 0 Å². The number of nitrogens with zero attached hydrogens (tertiary/aromatic N) is 4. The van der Waals surface area contributed by atoms with Gasteiger partial charge >= 0.3 is 12.0 Å². The lowest BCUT2D eigenvalue weighted by molar-refractivity contribution is 0.106. The summed E-state index contributed by atoms with van der Waals surface area (Å²) >= 11 is 5.81. The fourth-order valence-electron chi connectivity index (χ4n) is 1.01. The van der Waals surface area contributed by atoms with Crippen molar-refractivity contribution in [3.8, 4) is 12.0 Å². The SMILES string of the molecule is CC(C)Oc1nc(Cl)nc(OCC(C)(C)N(C)C)n1. The summed E-state index contributed by atoms with van der Waals surface area (Å²) in [6.07, 6.45) is -0.0375. The van der Waals surface area contributed by atoms with Crippen LogP contribution in [0.15, 0.2) is 0 Å². The second-order valence-corrected chi connectivity index (χ2v) is 5.67. The molecule has 0 saturated heterocycles. The number of rotatable bonds is 6. The van der Waals surface area contributed by atoms with Gasteiger partial charge in [-0.25, -0.2) is 0 Å². The van der Waals surface area contributed by atoms with Crippen LogP contribution in [0.4, 0.5) is 0 Å². The van der Waals surface area contributed by atoms with E-state index in [4.69, 9.17) is 21.1 Å². The van der Waals surface area contributed by atoms with Gasteiger partial charge in [0.1, 0.15) is 6.61 Å². The fourth-order valence-corrected chi connectivity index (χ4v) is 1.16. The van der Waals surface area contributed by atoms with Crippen molar-refractivity contribution in [2.75, 3.05) is 20.7 Å².